The first-order chi connectivity index (χ1) is 11.0. The van der Waals surface area contributed by atoms with E-state index in [4.69, 9.17) is 11.6 Å². The van der Waals surface area contributed by atoms with E-state index in [2.05, 4.69) is 15.2 Å². The zero-order valence-corrected chi connectivity index (χ0v) is 14.1. The Morgan fingerprint density at radius 1 is 1.26 bits per heavy atom. The largest absolute Gasteiger partial charge is 0.357 e. The van der Waals surface area contributed by atoms with Crippen LogP contribution in [0, 0.1) is 6.92 Å². The average molecular weight is 330 g/mol. The summed E-state index contributed by atoms with van der Waals surface area (Å²) in [5.74, 6) is 0.561. The molecule has 1 aromatic heterocycles. The number of hydrogen-bond donors (Lipinski definition) is 1. The average Bonchev–Trinajstić information content (AvgIpc) is 2.94. The molecule has 2 aromatic rings. The molecule has 1 saturated heterocycles. The van der Waals surface area contributed by atoms with Crippen molar-refractivity contribution in [1.82, 2.24) is 4.98 Å². The summed E-state index contributed by atoms with van der Waals surface area (Å²) < 4.78 is 0. The first-order valence-corrected chi connectivity index (χ1v) is 8.14. The molecule has 1 amide bonds. The normalized spacial score (nSPS) is 20.6. The minimum atomic E-state index is -0.583. The zero-order valence-electron chi connectivity index (χ0n) is 13.3. The van der Waals surface area contributed by atoms with Gasteiger partial charge in [0.15, 0.2) is 0 Å². The van der Waals surface area contributed by atoms with Crippen molar-refractivity contribution in [2.75, 3.05) is 16.8 Å². The van der Waals surface area contributed by atoms with Gasteiger partial charge in [-0.1, -0.05) is 17.7 Å². The van der Waals surface area contributed by atoms with Crippen molar-refractivity contribution < 1.29 is 4.79 Å². The zero-order chi connectivity index (χ0) is 16.4. The molecule has 1 N–H and O–H groups in total. The molecule has 23 heavy (non-hydrogen) atoms. The highest BCUT2D eigenvalue weighted by Crippen LogP contribution is 2.35. The van der Waals surface area contributed by atoms with Crippen LogP contribution in [-0.2, 0) is 4.79 Å². The number of anilines is 2. The maximum atomic E-state index is 12.9. The number of nitrogens with one attached hydrogen (secondary N) is 1. The van der Waals surface area contributed by atoms with Crippen LogP contribution in [0.2, 0.25) is 5.02 Å². The smallest absolute Gasteiger partial charge is 0.251 e. The summed E-state index contributed by atoms with van der Waals surface area (Å²) in [6, 6.07) is 11.4. The first kappa shape index (κ1) is 15.8. The molecule has 1 aliphatic rings. The molecule has 5 heteroatoms. The van der Waals surface area contributed by atoms with E-state index >= 15 is 0 Å². The number of carbonyl (C=O) groups is 1. The highest BCUT2D eigenvalue weighted by molar-refractivity contribution is 6.30. The summed E-state index contributed by atoms with van der Waals surface area (Å²) in [5, 5.41) is 3.64. The number of hydrogen-bond acceptors (Lipinski definition) is 3. The number of benzene rings is 1. The Labute approximate surface area is 141 Å². The molecule has 4 nitrogen and oxygen atoms in total. The second kappa shape index (κ2) is 6.20. The predicted octanol–water partition coefficient (Wildman–Crippen LogP) is 4.04. The van der Waals surface area contributed by atoms with Crippen molar-refractivity contribution in [3.63, 3.8) is 0 Å². The van der Waals surface area contributed by atoms with Gasteiger partial charge in [0.05, 0.1) is 0 Å². The Kier molecular flexibility index (Phi) is 4.26. The lowest BCUT2D eigenvalue weighted by molar-refractivity contribution is -0.120. The fourth-order valence-corrected chi connectivity index (χ4v) is 3.15. The van der Waals surface area contributed by atoms with E-state index in [1.165, 1.54) is 0 Å². The summed E-state index contributed by atoms with van der Waals surface area (Å²) in [6.45, 7) is 4.81. The van der Waals surface area contributed by atoms with Gasteiger partial charge in [0.2, 0.25) is 0 Å². The first-order valence-electron chi connectivity index (χ1n) is 7.76. The third-order valence-electron chi connectivity index (χ3n) is 4.42. The van der Waals surface area contributed by atoms with Gasteiger partial charge in [-0.25, -0.2) is 4.98 Å². The summed E-state index contributed by atoms with van der Waals surface area (Å²) in [5.41, 5.74) is 1.50. The molecule has 0 saturated carbocycles. The number of nitrogens with zero attached hydrogens (tertiary/aromatic N) is 2. The van der Waals surface area contributed by atoms with Crippen molar-refractivity contribution in [2.45, 2.75) is 32.2 Å². The molecule has 0 radical (unpaired) electrons. The Morgan fingerprint density at radius 3 is 2.65 bits per heavy atom. The number of halogens is 1. The van der Waals surface area contributed by atoms with E-state index < -0.39 is 5.54 Å². The third kappa shape index (κ3) is 3.17. The maximum Gasteiger partial charge on any atom is 0.251 e. The Hall–Kier alpha value is -2.07. The number of carbonyl (C=O) groups excluding carboxylic acids is 1. The number of amides is 1. The number of aromatic nitrogens is 1. The van der Waals surface area contributed by atoms with E-state index in [0.29, 0.717) is 10.8 Å². The Balaban J connectivity index is 1.82. The predicted molar refractivity (Wildman–Crippen MR) is 94.0 cm³/mol. The van der Waals surface area contributed by atoms with E-state index in [1.54, 1.807) is 6.20 Å². The van der Waals surface area contributed by atoms with Crippen LogP contribution in [0.25, 0.3) is 0 Å². The molecule has 1 fully saturated rings. The quantitative estimate of drug-likeness (QED) is 0.924. The minimum Gasteiger partial charge on any atom is -0.357 e. The summed E-state index contributed by atoms with van der Waals surface area (Å²) >= 11 is 5.97. The highest BCUT2D eigenvalue weighted by atomic mass is 35.5. The van der Waals surface area contributed by atoms with Gasteiger partial charge in [-0.05, 0) is 62.6 Å². The number of pyridine rings is 1. The van der Waals surface area contributed by atoms with E-state index in [1.807, 2.05) is 50.2 Å². The number of aryl methyl sites for hydroxylation is 1. The lowest BCUT2D eigenvalue weighted by Gasteiger charge is -2.35. The van der Waals surface area contributed by atoms with Crippen LogP contribution in [0.4, 0.5) is 11.5 Å². The molecule has 2 heterocycles. The molecule has 0 aliphatic carbocycles. The Bertz CT molecular complexity index is 699. The van der Waals surface area contributed by atoms with Crippen molar-refractivity contribution in [1.29, 1.82) is 0 Å². The Morgan fingerprint density at radius 2 is 2.00 bits per heavy atom. The monoisotopic (exact) mass is 329 g/mol. The topological polar surface area (TPSA) is 45.2 Å². The van der Waals surface area contributed by atoms with Gasteiger partial charge in [0.25, 0.3) is 5.91 Å². The van der Waals surface area contributed by atoms with Gasteiger partial charge in [-0.3, -0.25) is 4.79 Å². The third-order valence-corrected chi connectivity index (χ3v) is 4.67. The SMILES string of the molecule is Cc1ccc(NC(=O)C2(C)CCCN2c2ccc(Cl)cc2)nc1. The maximum absolute atomic E-state index is 12.9. The highest BCUT2D eigenvalue weighted by Gasteiger charge is 2.43. The van der Waals surface area contributed by atoms with Gasteiger partial charge in [-0.15, -0.1) is 0 Å². The lowest BCUT2D eigenvalue weighted by atomic mass is 9.97. The molecular weight excluding hydrogens is 310 g/mol. The van der Waals surface area contributed by atoms with Crippen LogP contribution in [0.1, 0.15) is 25.3 Å². The van der Waals surface area contributed by atoms with Gasteiger partial charge < -0.3 is 10.2 Å². The second-order valence-corrected chi connectivity index (χ2v) is 6.62. The lowest BCUT2D eigenvalue weighted by Crippen LogP contribution is -2.51. The summed E-state index contributed by atoms with van der Waals surface area (Å²) in [6.07, 6.45) is 3.55. The summed E-state index contributed by atoms with van der Waals surface area (Å²) in [4.78, 5) is 19.3. The fourth-order valence-electron chi connectivity index (χ4n) is 3.03. The molecule has 1 unspecified atom stereocenters. The standard InChI is InChI=1S/C18H20ClN3O/c1-13-4-9-16(20-12-13)21-17(23)18(2)10-3-11-22(18)15-7-5-14(19)6-8-15/h4-9,12H,3,10-11H2,1-2H3,(H,20,21,23). The van der Waals surface area contributed by atoms with Crippen molar-refractivity contribution in [3.05, 3.63) is 53.2 Å². The van der Waals surface area contributed by atoms with Crippen molar-refractivity contribution in [2.24, 2.45) is 0 Å². The van der Waals surface area contributed by atoms with Crippen molar-refractivity contribution in [3.8, 4) is 0 Å². The molecule has 1 aliphatic heterocycles. The van der Waals surface area contributed by atoms with Gasteiger partial charge in [-0.2, -0.15) is 0 Å². The molecule has 1 atom stereocenters. The molecule has 3 rings (SSSR count). The van der Waals surface area contributed by atoms with Crippen LogP contribution in [-0.4, -0.2) is 23.0 Å². The van der Waals surface area contributed by atoms with Crippen LogP contribution >= 0.6 is 11.6 Å². The fraction of sp³-hybridized carbons (Fsp3) is 0.333. The van der Waals surface area contributed by atoms with Crippen LogP contribution in [0.15, 0.2) is 42.6 Å². The van der Waals surface area contributed by atoms with Crippen LogP contribution in [0.5, 0.6) is 0 Å². The second-order valence-electron chi connectivity index (χ2n) is 6.18. The molecule has 0 spiro atoms. The molecule has 1 aromatic carbocycles. The minimum absolute atomic E-state index is 0.0266. The number of rotatable bonds is 3. The van der Waals surface area contributed by atoms with E-state index in [-0.39, 0.29) is 5.91 Å². The molecular formula is C18H20ClN3O. The van der Waals surface area contributed by atoms with Gasteiger partial charge in [0.1, 0.15) is 11.4 Å². The van der Waals surface area contributed by atoms with Crippen LogP contribution < -0.4 is 10.2 Å². The van der Waals surface area contributed by atoms with Crippen LogP contribution in [0.3, 0.4) is 0 Å². The molecule has 0 bridgehead atoms. The molecule has 120 valence electrons. The summed E-state index contributed by atoms with van der Waals surface area (Å²) in [7, 11) is 0. The van der Waals surface area contributed by atoms with Crippen molar-refractivity contribution >= 4 is 29.0 Å². The van der Waals surface area contributed by atoms with Gasteiger partial charge >= 0.3 is 0 Å². The van der Waals surface area contributed by atoms with E-state index in [9.17, 15) is 4.79 Å². The van der Waals surface area contributed by atoms with E-state index in [0.717, 1.165) is 30.6 Å². The van der Waals surface area contributed by atoms with Gasteiger partial charge in [0, 0.05) is 23.5 Å².